The van der Waals surface area contributed by atoms with E-state index in [1.165, 1.54) is 0 Å². The van der Waals surface area contributed by atoms with Crippen LogP contribution in [0.25, 0.3) is 0 Å². The normalized spacial score (nSPS) is 22.7. The number of halogens is 1. The molecule has 0 radical (unpaired) electrons. The van der Waals surface area contributed by atoms with Crippen LogP contribution in [-0.2, 0) is 11.3 Å². The van der Waals surface area contributed by atoms with E-state index in [0.717, 1.165) is 36.3 Å². The van der Waals surface area contributed by atoms with Gasteiger partial charge in [-0.2, -0.15) is 0 Å². The van der Waals surface area contributed by atoms with Crippen LogP contribution in [0.3, 0.4) is 0 Å². The van der Waals surface area contributed by atoms with Gasteiger partial charge in [0, 0.05) is 18.0 Å². The van der Waals surface area contributed by atoms with Gasteiger partial charge in [-0.25, -0.2) is 0 Å². The molecule has 0 aromatic heterocycles. The molecule has 6 heteroatoms. The highest BCUT2D eigenvalue weighted by Gasteiger charge is 2.31. The number of hydrogen-bond acceptors (Lipinski definition) is 4. The zero-order chi connectivity index (χ0) is 13.9. The number of carbonyl (C=O) groups is 1. The number of ether oxygens (including phenoxy) is 2. The molecule has 1 fully saturated rings. The van der Waals surface area contributed by atoms with Gasteiger partial charge in [-0.15, -0.1) is 12.4 Å². The molecule has 2 atom stereocenters. The second kappa shape index (κ2) is 7.00. The van der Waals surface area contributed by atoms with Crippen molar-refractivity contribution in [1.29, 1.82) is 0 Å². The van der Waals surface area contributed by atoms with Gasteiger partial charge in [-0.1, -0.05) is 18.6 Å². The molecule has 2 aliphatic rings. The van der Waals surface area contributed by atoms with Crippen molar-refractivity contribution in [1.82, 2.24) is 5.32 Å². The van der Waals surface area contributed by atoms with Crippen molar-refractivity contribution in [3.8, 4) is 11.5 Å². The Bertz CT molecular complexity index is 510. The van der Waals surface area contributed by atoms with Crippen molar-refractivity contribution in [2.75, 3.05) is 13.3 Å². The Labute approximate surface area is 130 Å². The molecule has 5 nitrogen and oxygen atoms in total. The van der Waals surface area contributed by atoms with Gasteiger partial charge in [0.2, 0.25) is 12.7 Å². The highest BCUT2D eigenvalue weighted by molar-refractivity contribution is 5.85. The van der Waals surface area contributed by atoms with Crippen LogP contribution in [0.2, 0.25) is 0 Å². The van der Waals surface area contributed by atoms with E-state index in [0.29, 0.717) is 19.0 Å². The van der Waals surface area contributed by atoms with Crippen molar-refractivity contribution in [2.45, 2.75) is 25.8 Å². The van der Waals surface area contributed by atoms with E-state index in [1.54, 1.807) is 0 Å². The number of fused-ring (bicyclic) bond motifs is 1. The van der Waals surface area contributed by atoms with E-state index < -0.39 is 0 Å². The lowest BCUT2D eigenvalue weighted by molar-refractivity contribution is -0.126. The first-order valence-electron chi connectivity index (χ1n) is 7.15. The summed E-state index contributed by atoms with van der Waals surface area (Å²) in [5.74, 6) is 1.99. The minimum atomic E-state index is 0. The van der Waals surface area contributed by atoms with E-state index in [2.05, 4.69) is 5.32 Å². The molecular formula is C15H21ClN2O3. The van der Waals surface area contributed by atoms with Crippen LogP contribution in [-0.4, -0.2) is 19.2 Å². The zero-order valence-electron chi connectivity index (χ0n) is 11.8. The molecule has 1 aromatic rings. The Kier molecular flexibility index (Phi) is 5.31. The first-order chi connectivity index (χ1) is 9.79. The fourth-order valence-electron chi connectivity index (χ4n) is 3.11. The number of carbonyl (C=O) groups excluding carboxylic acids is 1. The molecule has 1 saturated carbocycles. The Morgan fingerprint density at radius 1 is 1.33 bits per heavy atom. The highest BCUT2D eigenvalue weighted by atomic mass is 35.5. The van der Waals surface area contributed by atoms with Gasteiger partial charge in [0.1, 0.15) is 0 Å². The third kappa shape index (κ3) is 3.24. The van der Waals surface area contributed by atoms with E-state index >= 15 is 0 Å². The molecule has 1 amide bonds. The standard InChI is InChI=1S/C15H20N2O3.ClH/c16-7-10-3-1-5-12(10)15(18)17-8-11-4-2-6-13-14(11)20-9-19-13;/h2,4,6,10,12H,1,3,5,7-9,16H2,(H,17,18);1H/t10-,12-;/m1./s1. The summed E-state index contributed by atoms with van der Waals surface area (Å²) in [6.07, 6.45) is 3.10. The van der Waals surface area contributed by atoms with Crippen LogP contribution in [0.15, 0.2) is 18.2 Å². The summed E-state index contributed by atoms with van der Waals surface area (Å²) >= 11 is 0. The molecule has 3 rings (SSSR count). The Balaban J connectivity index is 0.00000161. The van der Waals surface area contributed by atoms with Crippen molar-refractivity contribution in [3.63, 3.8) is 0 Å². The molecule has 0 unspecified atom stereocenters. The third-order valence-electron chi connectivity index (χ3n) is 4.23. The van der Waals surface area contributed by atoms with Crippen molar-refractivity contribution in [2.24, 2.45) is 17.6 Å². The fraction of sp³-hybridized carbons (Fsp3) is 0.533. The van der Waals surface area contributed by atoms with Crippen molar-refractivity contribution < 1.29 is 14.3 Å². The summed E-state index contributed by atoms with van der Waals surface area (Å²) in [7, 11) is 0. The van der Waals surface area contributed by atoms with Gasteiger partial charge >= 0.3 is 0 Å². The second-order valence-corrected chi connectivity index (χ2v) is 5.40. The summed E-state index contributed by atoms with van der Waals surface area (Å²) in [5.41, 5.74) is 6.68. The van der Waals surface area contributed by atoms with Gasteiger partial charge in [-0.3, -0.25) is 4.79 Å². The van der Waals surface area contributed by atoms with Gasteiger partial charge in [0.25, 0.3) is 0 Å². The minimum Gasteiger partial charge on any atom is -0.454 e. The number of amides is 1. The van der Waals surface area contributed by atoms with Gasteiger partial charge in [0.15, 0.2) is 11.5 Å². The smallest absolute Gasteiger partial charge is 0.231 e. The molecule has 116 valence electrons. The van der Waals surface area contributed by atoms with Crippen LogP contribution in [0.1, 0.15) is 24.8 Å². The number of rotatable bonds is 4. The van der Waals surface area contributed by atoms with Gasteiger partial charge in [0.05, 0.1) is 0 Å². The summed E-state index contributed by atoms with van der Waals surface area (Å²) < 4.78 is 10.8. The van der Waals surface area contributed by atoms with Gasteiger partial charge < -0.3 is 20.5 Å². The molecule has 1 aliphatic carbocycles. The second-order valence-electron chi connectivity index (χ2n) is 5.40. The number of benzene rings is 1. The van der Waals surface area contributed by atoms with Crippen LogP contribution in [0, 0.1) is 11.8 Å². The average Bonchev–Trinajstić information content (AvgIpc) is 3.12. The topological polar surface area (TPSA) is 73.6 Å². The fourth-order valence-corrected chi connectivity index (χ4v) is 3.11. The van der Waals surface area contributed by atoms with Crippen LogP contribution >= 0.6 is 12.4 Å². The molecule has 1 heterocycles. The molecule has 0 saturated heterocycles. The van der Waals surface area contributed by atoms with Crippen molar-refractivity contribution in [3.05, 3.63) is 23.8 Å². The number of nitrogens with two attached hydrogens (primary N) is 1. The molecule has 1 aromatic carbocycles. The van der Waals surface area contributed by atoms with E-state index in [4.69, 9.17) is 15.2 Å². The first kappa shape index (κ1) is 15.9. The van der Waals surface area contributed by atoms with Crippen LogP contribution in [0.4, 0.5) is 0 Å². The van der Waals surface area contributed by atoms with E-state index in [9.17, 15) is 4.79 Å². The summed E-state index contributed by atoms with van der Waals surface area (Å²) in [5, 5.41) is 3.00. The largest absolute Gasteiger partial charge is 0.454 e. The predicted molar refractivity (Wildman–Crippen MR) is 81.5 cm³/mol. The highest BCUT2D eigenvalue weighted by Crippen LogP contribution is 2.35. The third-order valence-corrected chi connectivity index (χ3v) is 4.23. The van der Waals surface area contributed by atoms with Crippen LogP contribution < -0.4 is 20.5 Å². The van der Waals surface area contributed by atoms with E-state index in [1.807, 2.05) is 18.2 Å². The Hall–Kier alpha value is -1.46. The van der Waals surface area contributed by atoms with Gasteiger partial charge in [-0.05, 0) is 31.4 Å². The minimum absolute atomic E-state index is 0. The summed E-state index contributed by atoms with van der Waals surface area (Å²) in [6.45, 7) is 1.31. The first-order valence-corrected chi connectivity index (χ1v) is 7.15. The van der Waals surface area contributed by atoms with Crippen molar-refractivity contribution >= 4 is 18.3 Å². The quantitative estimate of drug-likeness (QED) is 0.889. The zero-order valence-corrected chi connectivity index (χ0v) is 12.7. The molecule has 0 bridgehead atoms. The molecule has 3 N–H and O–H groups in total. The lowest BCUT2D eigenvalue weighted by atomic mass is 9.95. The summed E-state index contributed by atoms with van der Waals surface area (Å²) in [4.78, 5) is 12.2. The Morgan fingerprint density at radius 3 is 3.00 bits per heavy atom. The lowest BCUT2D eigenvalue weighted by Gasteiger charge is -2.17. The SMILES string of the molecule is Cl.NC[C@H]1CCC[C@H]1C(=O)NCc1cccc2c1OCO2. The predicted octanol–water partition coefficient (Wildman–Crippen LogP) is 1.83. The molecule has 1 aliphatic heterocycles. The maximum Gasteiger partial charge on any atom is 0.231 e. The maximum atomic E-state index is 12.2. The monoisotopic (exact) mass is 312 g/mol. The summed E-state index contributed by atoms with van der Waals surface area (Å²) in [6, 6.07) is 5.73. The molecule has 21 heavy (non-hydrogen) atoms. The lowest BCUT2D eigenvalue weighted by Crippen LogP contribution is -2.34. The number of para-hydroxylation sites is 1. The number of nitrogens with one attached hydrogen (secondary N) is 1. The molecular weight excluding hydrogens is 292 g/mol. The maximum absolute atomic E-state index is 12.2. The van der Waals surface area contributed by atoms with E-state index in [-0.39, 0.29) is 31.0 Å². The molecule has 0 spiro atoms. The Morgan fingerprint density at radius 2 is 2.19 bits per heavy atom. The number of hydrogen-bond donors (Lipinski definition) is 2. The average molecular weight is 313 g/mol. The van der Waals surface area contributed by atoms with Crippen LogP contribution in [0.5, 0.6) is 11.5 Å².